The van der Waals surface area contributed by atoms with Gasteiger partial charge in [-0.15, -0.1) is 0 Å². The highest BCUT2D eigenvalue weighted by molar-refractivity contribution is 6.06. The molecule has 0 saturated heterocycles. The summed E-state index contributed by atoms with van der Waals surface area (Å²) in [4.78, 5) is 27.5. The normalized spacial score (nSPS) is 15.3. The van der Waals surface area contributed by atoms with Gasteiger partial charge in [0.25, 0.3) is 0 Å². The fraction of sp³-hybridized carbons (Fsp3) is 0.200. The van der Waals surface area contributed by atoms with E-state index in [1.807, 2.05) is 92.7 Å². The van der Waals surface area contributed by atoms with Gasteiger partial charge < -0.3 is 15.5 Å². The van der Waals surface area contributed by atoms with Crippen molar-refractivity contribution in [2.45, 2.75) is 32.2 Å². The van der Waals surface area contributed by atoms with Gasteiger partial charge in [0.15, 0.2) is 0 Å². The molecule has 0 bridgehead atoms. The van der Waals surface area contributed by atoms with Crippen LogP contribution in [0.4, 0.5) is 22.7 Å². The Bertz CT molecular complexity index is 1050. The summed E-state index contributed by atoms with van der Waals surface area (Å²) in [7, 11) is 0. The molecule has 4 rings (SSSR count). The lowest BCUT2D eigenvalue weighted by molar-refractivity contribution is -0.124. The van der Waals surface area contributed by atoms with Gasteiger partial charge >= 0.3 is 0 Å². The van der Waals surface area contributed by atoms with Crippen LogP contribution in [0.25, 0.3) is 0 Å². The van der Waals surface area contributed by atoms with E-state index in [2.05, 4.69) is 10.6 Å². The van der Waals surface area contributed by atoms with Gasteiger partial charge in [-0.25, -0.2) is 0 Å². The quantitative estimate of drug-likeness (QED) is 0.612. The van der Waals surface area contributed by atoms with Crippen molar-refractivity contribution >= 4 is 34.6 Å². The number of para-hydroxylation sites is 2. The number of carbonyl (C=O) groups is 2. The molecule has 1 heterocycles. The molecule has 0 saturated carbocycles. The molecule has 1 aliphatic rings. The Morgan fingerprint density at radius 1 is 0.933 bits per heavy atom. The third-order valence-corrected chi connectivity index (χ3v) is 5.26. The minimum Gasteiger partial charge on any atom is -0.356 e. The number of benzene rings is 3. The van der Waals surface area contributed by atoms with E-state index in [-0.39, 0.29) is 24.3 Å². The average Bonchev–Trinajstić information content (AvgIpc) is 2.75. The molecule has 30 heavy (non-hydrogen) atoms. The molecule has 152 valence electrons. The van der Waals surface area contributed by atoms with E-state index in [4.69, 9.17) is 0 Å². The number of fused-ring (bicyclic) bond motifs is 1. The van der Waals surface area contributed by atoms with Crippen molar-refractivity contribution in [3.05, 3.63) is 84.4 Å². The van der Waals surface area contributed by atoms with Crippen molar-refractivity contribution in [3.8, 4) is 0 Å². The predicted octanol–water partition coefficient (Wildman–Crippen LogP) is 5.30. The molecule has 0 unspecified atom stereocenters. The summed E-state index contributed by atoms with van der Waals surface area (Å²) >= 11 is 0. The standard InChI is InChI=1S/C25H25N3O2/c1-17(2)28(20-14-12-19(13-15-20)26-18-8-4-3-5-9-18)25(30)22-16-24(29)27-23-11-7-6-10-21(22)23/h3-15,17,22,26H,16H2,1-2H3,(H,27,29)/t22-/m0/s1. The van der Waals surface area contributed by atoms with Gasteiger partial charge in [-0.05, 0) is 61.9 Å². The topological polar surface area (TPSA) is 61.4 Å². The molecule has 1 atom stereocenters. The first kappa shape index (κ1) is 19.7. The van der Waals surface area contributed by atoms with E-state index in [1.54, 1.807) is 4.90 Å². The van der Waals surface area contributed by atoms with E-state index in [1.165, 1.54) is 0 Å². The molecule has 2 N–H and O–H groups in total. The molecule has 0 spiro atoms. The van der Waals surface area contributed by atoms with Crippen molar-refractivity contribution in [2.24, 2.45) is 0 Å². The SMILES string of the molecule is CC(C)N(C(=O)[C@H]1CC(=O)Nc2ccccc21)c1ccc(Nc2ccccc2)cc1. The molecule has 3 aromatic carbocycles. The minimum absolute atomic E-state index is 0.0393. The Morgan fingerprint density at radius 2 is 1.57 bits per heavy atom. The van der Waals surface area contributed by atoms with E-state index in [9.17, 15) is 9.59 Å². The highest BCUT2D eigenvalue weighted by Gasteiger charge is 2.34. The van der Waals surface area contributed by atoms with Crippen LogP contribution in [-0.4, -0.2) is 17.9 Å². The van der Waals surface area contributed by atoms with E-state index < -0.39 is 5.92 Å². The fourth-order valence-electron chi connectivity index (χ4n) is 3.87. The number of hydrogen-bond donors (Lipinski definition) is 2. The van der Waals surface area contributed by atoms with Gasteiger partial charge in [-0.3, -0.25) is 9.59 Å². The predicted molar refractivity (Wildman–Crippen MR) is 121 cm³/mol. The molecule has 3 aromatic rings. The highest BCUT2D eigenvalue weighted by atomic mass is 16.2. The van der Waals surface area contributed by atoms with Crippen molar-refractivity contribution in [2.75, 3.05) is 15.5 Å². The molecule has 0 radical (unpaired) electrons. The maximum absolute atomic E-state index is 13.6. The van der Waals surface area contributed by atoms with Crippen molar-refractivity contribution < 1.29 is 9.59 Å². The van der Waals surface area contributed by atoms with Gasteiger partial charge in [0.1, 0.15) is 0 Å². The summed E-state index contributed by atoms with van der Waals surface area (Å²) < 4.78 is 0. The molecular weight excluding hydrogens is 374 g/mol. The van der Waals surface area contributed by atoms with E-state index in [0.717, 1.165) is 28.3 Å². The maximum Gasteiger partial charge on any atom is 0.235 e. The molecule has 2 amide bonds. The summed E-state index contributed by atoms with van der Waals surface area (Å²) in [5.41, 5.74) is 4.36. The highest BCUT2D eigenvalue weighted by Crippen LogP contribution is 2.35. The van der Waals surface area contributed by atoms with Crippen molar-refractivity contribution in [1.82, 2.24) is 0 Å². The first-order chi connectivity index (χ1) is 14.5. The second-order valence-corrected chi connectivity index (χ2v) is 7.73. The zero-order valence-corrected chi connectivity index (χ0v) is 17.1. The van der Waals surface area contributed by atoms with Crippen LogP contribution in [0.3, 0.4) is 0 Å². The molecule has 0 aliphatic carbocycles. The van der Waals surface area contributed by atoms with Crippen LogP contribution in [0.15, 0.2) is 78.9 Å². The minimum atomic E-state index is -0.487. The average molecular weight is 399 g/mol. The second kappa shape index (κ2) is 8.41. The van der Waals surface area contributed by atoms with Gasteiger partial charge in [-0.2, -0.15) is 0 Å². The summed E-state index contributed by atoms with van der Waals surface area (Å²) in [6.45, 7) is 3.98. The third-order valence-electron chi connectivity index (χ3n) is 5.26. The smallest absolute Gasteiger partial charge is 0.235 e. The molecule has 0 aromatic heterocycles. The lowest BCUT2D eigenvalue weighted by Gasteiger charge is -2.33. The number of carbonyl (C=O) groups excluding carboxylic acids is 2. The largest absolute Gasteiger partial charge is 0.356 e. The number of nitrogens with zero attached hydrogens (tertiary/aromatic N) is 1. The molecular formula is C25H25N3O2. The van der Waals surface area contributed by atoms with E-state index in [0.29, 0.717) is 0 Å². The van der Waals surface area contributed by atoms with Crippen molar-refractivity contribution in [3.63, 3.8) is 0 Å². The van der Waals surface area contributed by atoms with Gasteiger partial charge in [0.2, 0.25) is 11.8 Å². The Kier molecular flexibility index (Phi) is 5.53. The van der Waals surface area contributed by atoms with Crippen LogP contribution in [0.2, 0.25) is 0 Å². The lowest BCUT2D eigenvalue weighted by Crippen LogP contribution is -2.42. The number of nitrogens with one attached hydrogen (secondary N) is 2. The maximum atomic E-state index is 13.6. The Balaban J connectivity index is 1.60. The van der Waals surface area contributed by atoms with E-state index >= 15 is 0 Å². The van der Waals surface area contributed by atoms with Crippen LogP contribution in [0.5, 0.6) is 0 Å². The number of anilines is 4. The zero-order valence-electron chi connectivity index (χ0n) is 17.1. The number of hydrogen-bond acceptors (Lipinski definition) is 3. The summed E-state index contributed by atoms with van der Waals surface area (Å²) in [5.74, 6) is -0.672. The first-order valence-corrected chi connectivity index (χ1v) is 10.2. The Morgan fingerprint density at radius 3 is 2.27 bits per heavy atom. The molecule has 1 aliphatic heterocycles. The van der Waals surface area contributed by atoms with Gasteiger partial charge in [-0.1, -0.05) is 36.4 Å². The Hall–Kier alpha value is -3.60. The van der Waals surface area contributed by atoms with Gasteiger partial charge in [0.05, 0.1) is 5.92 Å². The van der Waals surface area contributed by atoms with Crippen molar-refractivity contribution in [1.29, 1.82) is 0 Å². The lowest BCUT2D eigenvalue weighted by atomic mass is 9.89. The van der Waals surface area contributed by atoms with Crippen LogP contribution in [0.1, 0.15) is 31.7 Å². The fourth-order valence-corrected chi connectivity index (χ4v) is 3.87. The summed E-state index contributed by atoms with van der Waals surface area (Å²) in [6.07, 6.45) is 0.159. The zero-order chi connectivity index (χ0) is 21.1. The van der Waals surface area contributed by atoms with Crippen LogP contribution >= 0.6 is 0 Å². The van der Waals surface area contributed by atoms with Crippen LogP contribution < -0.4 is 15.5 Å². The first-order valence-electron chi connectivity index (χ1n) is 10.2. The summed E-state index contributed by atoms with van der Waals surface area (Å²) in [6, 6.07) is 25.3. The third kappa shape index (κ3) is 4.06. The molecule has 5 heteroatoms. The number of amides is 2. The molecule has 0 fully saturated rings. The second-order valence-electron chi connectivity index (χ2n) is 7.73. The monoisotopic (exact) mass is 399 g/mol. The Labute approximate surface area is 176 Å². The van der Waals surface area contributed by atoms with Crippen LogP contribution in [0, 0.1) is 0 Å². The molecule has 5 nitrogen and oxygen atoms in total. The summed E-state index contributed by atoms with van der Waals surface area (Å²) in [5, 5.41) is 6.22. The van der Waals surface area contributed by atoms with Crippen LogP contribution in [-0.2, 0) is 9.59 Å². The van der Waals surface area contributed by atoms with Gasteiger partial charge in [0, 0.05) is 35.2 Å². The number of rotatable bonds is 5.